The third-order valence-corrected chi connectivity index (χ3v) is 4.60. The summed E-state index contributed by atoms with van der Waals surface area (Å²) >= 11 is 0. The number of amides is 1. The number of rotatable bonds is 4. The molecular formula is C19H19N5O. The number of benzene rings is 1. The molecule has 0 radical (unpaired) electrons. The van der Waals surface area contributed by atoms with Crippen molar-refractivity contribution in [2.75, 3.05) is 23.4 Å². The molecule has 1 aliphatic rings. The number of hydrogen-bond acceptors (Lipinski definition) is 4. The van der Waals surface area contributed by atoms with Gasteiger partial charge in [0.05, 0.1) is 18.6 Å². The third-order valence-electron chi connectivity index (χ3n) is 4.60. The Morgan fingerprint density at radius 1 is 1.24 bits per heavy atom. The van der Waals surface area contributed by atoms with Crippen molar-refractivity contribution in [3.05, 3.63) is 72.1 Å². The highest BCUT2D eigenvalue weighted by atomic mass is 16.2. The number of aromatic amines is 1. The summed E-state index contributed by atoms with van der Waals surface area (Å²) in [5, 5.41) is 0. The largest absolute Gasteiger partial charge is 0.365 e. The number of nitrogens with zero attached hydrogens (tertiary/aromatic N) is 4. The summed E-state index contributed by atoms with van der Waals surface area (Å²) in [6.45, 7) is 1.76. The Balaban J connectivity index is 1.59. The predicted octanol–water partition coefficient (Wildman–Crippen LogP) is 2.64. The van der Waals surface area contributed by atoms with Gasteiger partial charge in [-0.2, -0.15) is 0 Å². The van der Waals surface area contributed by atoms with Crippen molar-refractivity contribution >= 4 is 17.3 Å². The number of anilines is 2. The normalized spacial score (nSPS) is 12.9. The molecule has 3 heterocycles. The van der Waals surface area contributed by atoms with E-state index in [1.165, 1.54) is 11.3 Å². The standard InChI is InChI=1S/C19H19N5O/c1-23(19(25)15-4-7-20-8-5-15)17-3-2-14-6-9-24(18(14)10-17)12-16-11-21-13-22-16/h2-5,7-8,10-11,13H,6,9,12H2,1H3,(H,21,22). The summed E-state index contributed by atoms with van der Waals surface area (Å²) in [6.07, 6.45) is 7.84. The van der Waals surface area contributed by atoms with Crippen molar-refractivity contribution in [3.8, 4) is 0 Å². The fourth-order valence-electron chi connectivity index (χ4n) is 3.19. The first-order valence-corrected chi connectivity index (χ1v) is 8.25. The number of H-pyrrole nitrogens is 1. The van der Waals surface area contributed by atoms with Gasteiger partial charge in [0.1, 0.15) is 0 Å². The molecule has 6 heteroatoms. The van der Waals surface area contributed by atoms with Crippen LogP contribution in [0.25, 0.3) is 0 Å². The van der Waals surface area contributed by atoms with E-state index in [9.17, 15) is 4.79 Å². The molecule has 4 rings (SSSR count). The van der Waals surface area contributed by atoms with Crippen molar-refractivity contribution in [1.29, 1.82) is 0 Å². The molecule has 0 saturated carbocycles. The Kier molecular flexibility index (Phi) is 3.93. The van der Waals surface area contributed by atoms with Crippen molar-refractivity contribution in [2.24, 2.45) is 0 Å². The molecule has 1 aliphatic heterocycles. The van der Waals surface area contributed by atoms with Gasteiger partial charge >= 0.3 is 0 Å². The maximum Gasteiger partial charge on any atom is 0.258 e. The van der Waals surface area contributed by atoms with Crippen molar-refractivity contribution in [3.63, 3.8) is 0 Å². The number of nitrogens with one attached hydrogen (secondary N) is 1. The van der Waals surface area contributed by atoms with Crippen LogP contribution in [0.5, 0.6) is 0 Å². The predicted molar refractivity (Wildman–Crippen MR) is 96.8 cm³/mol. The van der Waals surface area contributed by atoms with E-state index in [1.54, 1.807) is 42.8 Å². The van der Waals surface area contributed by atoms with E-state index >= 15 is 0 Å². The molecule has 3 aromatic rings. The van der Waals surface area contributed by atoms with Gasteiger partial charge < -0.3 is 14.8 Å². The quantitative estimate of drug-likeness (QED) is 0.797. The highest BCUT2D eigenvalue weighted by Crippen LogP contribution is 2.33. The van der Waals surface area contributed by atoms with Gasteiger partial charge in [-0.15, -0.1) is 0 Å². The van der Waals surface area contributed by atoms with E-state index in [0.717, 1.165) is 30.9 Å². The monoisotopic (exact) mass is 333 g/mol. The van der Waals surface area contributed by atoms with Crippen molar-refractivity contribution in [2.45, 2.75) is 13.0 Å². The zero-order valence-corrected chi connectivity index (χ0v) is 14.0. The molecule has 126 valence electrons. The van der Waals surface area contributed by atoms with Gasteiger partial charge in [-0.1, -0.05) is 6.07 Å². The van der Waals surface area contributed by atoms with Gasteiger partial charge in [0.25, 0.3) is 5.91 Å². The molecule has 2 aromatic heterocycles. The lowest BCUT2D eigenvalue weighted by Crippen LogP contribution is -2.26. The number of fused-ring (bicyclic) bond motifs is 1. The number of carbonyl (C=O) groups excluding carboxylic acids is 1. The second kappa shape index (κ2) is 6.39. The fraction of sp³-hybridized carbons (Fsp3) is 0.211. The fourth-order valence-corrected chi connectivity index (χ4v) is 3.19. The Bertz CT molecular complexity index is 876. The van der Waals surface area contributed by atoms with Crippen LogP contribution in [0.4, 0.5) is 11.4 Å². The van der Waals surface area contributed by atoms with Crippen LogP contribution in [0, 0.1) is 0 Å². The summed E-state index contributed by atoms with van der Waals surface area (Å²) in [5.74, 6) is -0.0412. The maximum absolute atomic E-state index is 12.7. The minimum absolute atomic E-state index is 0.0412. The number of aromatic nitrogens is 3. The molecule has 0 aliphatic carbocycles. The third kappa shape index (κ3) is 2.98. The molecular weight excluding hydrogens is 314 g/mol. The van der Waals surface area contributed by atoms with Gasteiger partial charge in [-0.05, 0) is 36.2 Å². The van der Waals surface area contributed by atoms with Crippen LogP contribution >= 0.6 is 0 Å². The molecule has 0 spiro atoms. The Labute approximate surface area is 146 Å². The average molecular weight is 333 g/mol. The highest BCUT2D eigenvalue weighted by Gasteiger charge is 2.22. The lowest BCUT2D eigenvalue weighted by Gasteiger charge is -2.22. The zero-order chi connectivity index (χ0) is 17.2. The minimum Gasteiger partial charge on any atom is -0.365 e. The molecule has 1 aromatic carbocycles. The second-order valence-corrected chi connectivity index (χ2v) is 6.16. The minimum atomic E-state index is -0.0412. The summed E-state index contributed by atoms with van der Waals surface area (Å²) in [4.78, 5) is 27.9. The molecule has 1 amide bonds. The number of hydrogen-bond donors (Lipinski definition) is 1. The van der Waals surface area contributed by atoms with E-state index < -0.39 is 0 Å². The Hall–Kier alpha value is -3.15. The SMILES string of the molecule is CN(C(=O)c1ccncc1)c1ccc2c(c1)N(Cc1cnc[nH]1)CC2. The van der Waals surface area contributed by atoms with Crippen LogP contribution < -0.4 is 9.80 Å². The first kappa shape index (κ1) is 15.4. The van der Waals surface area contributed by atoms with E-state index in [0.29, 0.717) is 5.56 Å². The van der Waals surface area contributed by atoms with Crippen molar-refractivity contribution in [1.82, 2.24) is 15.0 Å². The summed E-state index contributed by atoms with van der Waals surface area (Å²) in [5.41, 5.74) is 5.10. The maximum atomic E-state index is 12.7. The topological polar surface area (TPSA) is 65.1 Å². The zero-order valence-electron chi connectivity index (χ0n) is 14.0. The molecule has 6 nitrogen and oxygen atoms in total. The smallest absolute Gasteiger partial charge is 0.258 e. The van der Waals surface area contributed by atoms with E-state index in [-0.39, 0.29) is 5.91 Å². The van der Waals surface area contributed by atoms with Gasteiger partial charge in [0.2, 0.25) is 0 Å². The van der Waals surface area contributed by atoms with E-state index in [4.69, 9.17) is 0 Å². The molecule has 0 saturated heterocycles. The lowest BCUT2D eigenvalue weighted by atomic mass is 10.1. The first-order chi connectivity index (χ1) is 12.2. The Morgan fingerprint density at radius 2 is 2.08 bits per heavy atom. The van der Waals surface area contributed by atoms with Gasteiger partial charge in [-0.25, -0.2) is 4.98 Å². The van der Waals surface area contributed by atoms with E-state index in [2.05, 4.69) is 32.0 Å². The number of imidazole rings is 1. The van der Waals surface area contributed by atoms with Crippen LogP contribution in [0.1, 0.15) is 21.6 Å². The van der Waals surface area contributed by atoms with Crippen LogP contribution in [-0.4, -0.2) is 34.5 Å². The second-order valence-electron chi connectivity index (χ2n) is 6.16. The average Bonchev–Trinajstić information content (AvgIpc) is 3.31. The Morgan fingerprint density at radius 3 is 2.84 bits per heavy atom. The lowest BCUT2D eigenvalue weighted by molar-refractivity contribution is 0.0993. The molecule has 0 atom stereocenters. The van der Waals surface area contributed by atoms with Gasteiger partial charge in [-0.3, -0.25) is 9.78 Å². The summed E-state index contributed by atoms with van der Waals surface area (Å²) in [6, 6.07) is 9.69. The molecule has 0 bridgehead atoms. The van der Waals surface area contributed by atoms with Crippen LogP contribution in [0.3, 0.4) is 0 Å². The number of pyridine rings is 1. The van der Waals surface area contributed by atoms with Crippen LogP contribution in [-0.2, 0) is 13.0 Å². The molecule has 1 N–H and O–H groups in total. The molecule has 25 heavy (non-hydrogen) atoms. The summed E-state index contributed by atoms with van der Waals surface area (Å²) < 4.78 is 0. The first-order valence-electron chi connectivity index (χ1n) is 8.25. The van der Waals surface area contributed by atoms with Gasteiger partial charge in [0.15, 0.2) is 0 Å². The summed E-state index contributed by atoms with van der Waals surface area (Å²) in [7, 11) is 1.80. The highest BCUT2D eigenvalue weighted by molar-refractivity contribution is 6.05. The molecule has 0 unspecified atom stereocenters. The van der Waals surface area contributed by atoms with Crippen molar-refractivity contribution < 1.29 is 4.79 Å². The number of carbonyl (C=O) groups is 1. The van der Waals surface area contributed by atoms with Crippen LogP contribution in [0.2, 0.25) is 0 Å². The van der Waals surface area contributed by atoms with Crippen LogP contribution in [0.15, 0.2) is 55.2 Å². The van der Waals surface area contributed by atoms with E-state index in [1.807, 2.05) is 12.3 Å². The molecule has 0 fully saturated rings. The van der Waals surface area contributed by atoms with Gasteiger partial charge in [0, 0.05) is 49.1 Å².